The summed E-state index contributed by atoms with van der Waals surface area (Å²) in [6.45, 7) is 14.9. The molecule has 0 aromatic carbocycles. The van der Waals surface area contributed by atoms with E-state index < -0.39 is 0 Å². The van der Waals surface area contributed by atoms with Gasteiger partial charge in [-0.1, -0.05) is 39.8 Å². The van der Waals surface area contributed by atoms with Gasteiger partial charge in [-0.15, -0.1) is 0 Å². The van der Waals surface area contributed by atoms with Crippen LogP contribution in [0.15, 0.2) is 12.2 Å². The van der Waals surface area contributed by atoms with Crippen LogP contribution in [0, 0.1) is 35.0 Å². The third-order valence-electron chi connectivity index (χ3n) is 5.63. The van der Waals surface area contributed by atoms with Crippen molar-refractivity contribution in [2.75, 3.05) is 6.61 Å². The topological polar surface area (TPSA) is 9.23 Å². The van der Waals surface area contributed by atoms with E-state index in [1.54, 1.807) is 0 Å². The van der Waals surface area contributed by atoms with Gasteiger partial charge in [0, 0.05) is 11.8 Å². The highest BCUT2D eigenvalue weighted by atomic mass is 16.5. The molecule has 17 heavy (non-hydrogen) atoms. The predicted molar refractivity (Wildman–Crippen MR) is 70.7 cm³/mol. The van der Waals surface area contributed by atoms with Crippen molar-refractivity contribution in [3.05, 3.63) is 12.2 Å². The number of ether oxygens (including phenoxy) is 1. The van der Waals surface area contributed by atoms with Crippen molar-refractivity contribution in [2.45, 2.75) is 46.6 Å². The van der Waals surface area contributed by atoms with E-state index in [1.807, 2.05) is 0 Å². The Kier molecular flexibility index (Phi) is 2.49. The largest absolute Gasteiger partial charge is 0.377 e. The first kappa shape index (κ1) is 11.8. The molecular formula is C16H26O. The summed E-state index contributed by atoms with van der Waals surface area (Å²) >= 11 is 0. The van der Waals surface area contributed by atoms with Crippen molar-refractivity contribution in [3.63, 3.8) is 0 Å². The van der Waals surface area contributed by atoms with Crippen LogP contribution in [0.25, 0.3) is 0 Å². The maximum absolute atomic E-state index is 6.16. The summed E-state index contributed by atoms with van der Waals surface area (Å²) < 4.78 is 6.16. The molecule has 3 fully saturated rings. The van der Waals surface area contributed by atoms with E-state index in [1.165, 1.54) is 18.4 Å². The van der Waals surface area contributed by atoms with Crippen LogP contribution in [0.4, 0.5) is 0 Å². The van der Waals surface area contributed by atoms with Gasteiger partial charge in [-0.3, -0.25) is 0 Å². The van der Waals surface area contributed by atoms with Crippen molar-refractivity contribution in [2.24, 2.45) is 35.0 Å². The molecule has 3 rings (SSSR count). The Morgan fingerprint density at radius 3 is 2.76 bits per heavy atom. The van der Waals surface area contributed by atoms with E-state index >= 15 is 0 Å². The molecule has 96 valence electrons. The van der Waals surface area contributed by atoms with Crippen LogP contribution < -0.4 is 0 Å². The fourth-order valence-corrected chi connectivity index (χ4v) is 4.58. The van der Waals surface area contributed by atoms with Gasteiger partial charge in [-0.05, 0) is 36.0 Å². The van der Waals surface area contributed by atoms with E-state index in [4.69, 9.17) is 4.74 Å². The van der Waals surface area contributed by atoms with E-state index in [2.05, 4.69) is 34.3 Å². The molecule has 1 heterocycles. The van der Waals surface area contributed by atoms with Crippen LogP contribution >= 0.6 is 0 Å². The minimum Gasteiger partial charge on any atom is -0.377 e. The van der Waals surface area contributed by atoms with Crippen molar-refractivity contribution in [3.8, 4) is 0 Å². The zero-order valence-electron chi connectivity index (χ0n) is 11.7. The summed E-state index contributed by atoms with van der Waals surface area (Å²) in [6.07, 6.45) is 2.99. The Balaban J connectivity index is 1.85. The van der Waals surface area contributed by atoms with Gasteiger partial charge in [0.05, 0.1) is 12.7 Å². The molecule has 1 saturated heterocycles. The number of hydrogen-bond acceptors (Lipinski definition) is 1. The normalized spacial score (nSPS) is 46.9. The second kappa shape index (κ2) is 3.60. The molecule has 1 nitrogen and oxygen atoms in total. The quantitative estimate of drug-likeness (QED) is 0.659. The standard InChI is InChI=1S/C16H26O/c1-9(2)6-13-14-10(3)11(8-17-13)7-12-15(14)16(12,4)5/h9,11-15H,3,6-8H2,1-2,4-5H3/t11-,12+,13-,14-,15+/m1/s1. The summed E-state index contributed by atoms with van der Waals surface area (Å²) in [4.78, 5) is 0. The highest BCUT2D eigenvalue weighted by molar-refractivity contribution is 5.26. The zero-order chi connectivity index (χ0) is 12.4. The lowest BCUT2D eigenvalue weighted by Gasteiger charge is -2.42. The molecule has 0 radical (unpaired) electrons. The average molecular weight is 234 g/mol. The molecular weight excluding hydrogens is 208 g/mol. The van der Waals surface area contributed by atoms with E-state index in [0.29, 0.717) is 23.4 Å². The molecule has 0 unspecified atom stereocenters. The van der Waals surface area contributed by atoms with Gasteiger partial charge in [0.2, 0.25) is 0 Å². The Morgan fingerprint density at radius 2 is 2.12 bits per heavy atom. The lowest BCUT2D eigenvalue weighted by Crippen LogP contribution is -2.41. The van der Waals surface area contributed by atoms with Crippen LogP contribution in [-0.2, 0) is 4.74 Å². The van der Waals surface area contributed by atoms with Crippen molar-refractivity contribution in [1.29, 1.82) is 0 Å². The molecule has 2 aliphatic carbocycles. The van der Waals surface area contributed by atoms with Crippen LogP contribution in [0.3, 0.4) is 0 Å². The van der Waals surface area contributed by atoms with E-state index in [-0.39, 0.29) is 0 Å². The fourth-order valence-electron chi connectivity index (χ4n) is 4.58. The smallest absolute Gasteiger partial charge is 0.0646 e. The fraction of sp³-hybridized carbons (Fsp3) is 0.875. The zero-order valence-corrected chi connectivity index (χ0v) is 11.7. The second-order valence-electron chi connectivity index (χ2n) is 7.49. The third-order valence-corrected chi connectivity index (χ3v) is 5.63. The number of hydrogen-bond donors (Lipinski definition) is 0. The Hall–Kier alpha value is -0.300. The molecule has 2 saturated carbocycles. The highest BCUT2D eigenvalue weighted by Crippen LogP contribution is 2.70. The van der Waals surface area contributed by atoms with Gasteiger partial charge in [0.15, 0.2) is 0 Å². The van der Waals surface area contributed by atoms with Crippen molar-refractivity contribution in [1.82, 2.24) is 0 Å². The molecule has 5 atom stereocenters. The summed E-state index contributed by atoms with van der Waals surface area (Å²) in [5.74, 6) is 3.85. The maximum atomic E-state index is 6.16. The molecule has 1 heteroatoms. The molecule has 1 aliphatic heterocycles. The maximum Gasteiger partial charge on any atom is 0.0646 e. The van der Waals surface area contributed by atoms with Gasteiger partial charge in [-0.2, -0.15) is 0 Å². The van der Waals surface area contributed by atoms with Crippen LogP contribution in [0.2, 0.25) is 0 Å². The van der Waals surface area contributed by atoms with Crippen molar-refractivity contribution >= 4 is 0 Å². The molecule has 3 aliphatic rings. The van der Waals surface area contributed by atoms with Gasteiger partial charge < -0.3 is 4.74 Å². The second-order valence-corrected chi connectivity index (χ2v) is 7.49. The Morgan fingerprint density at radius 1 is 1.41 bits per heavy atom. The first-order valence-corrected chi connectivity index (χ1v) is 7.23. The minimum absolute atomic E-state index is 0.452. The van der Waals surface area contributed by atoms with Crippen LogP contribution in [0.1, 0.15) is 40.5 Å². The molecule has 2 bridgehead atoms. The highest BCUT2D eigenvalue weighted by Gasteiger charge is 2.66. The summed E-state index contributed by atoms with van der Waals surface area (Å²) in [7, 11) is 0. The Labute approximate surface area is 106 Å². The average Bonchev–Trinajstić information content (AvgIpc) is 2.71. The van der Waals surface area contributed by atoms with Crippen molar-refractivity contribution < 1.29 is 4.74 Å². The first-order chi connectivity index (χ1) is 7.93. The number of rotatable bonds is 2. The monoisotopic (exact) mass is 234 g/mol. The molecule has 0 aromatic heterocycles. The SMILES string of the molecule is C=C1[C@H]2CO[C@H](CC(C)C)[C@@H]1[C@@H]1[C@H](C2)C1(C)C. The lowest BCUT2D eigenvalue weighted by atomic mass is 9.71. The van der Waals surface area contributed by atoms with Gasteiger partial charge in [0.1, 0.15) is 0 Å². The molecule has 0 spiro atoms. The van der Waals surface area contributed by atoms with E-state index in [9.17, 15) is 0 Å². The molecule has 0 amide bonds. The third kappa shape index (κ3) is 1.62. The van der Waals surface area contributed by atoms with Crippen LogP contribution in [0.5, 0.6) is 0 Å². The first-order valence-electron chi connectivity index (χ1n) is 7.23. The number of fused-ring (bicyclic) bond motifs is 4. The predicted octanol–water partition coefficient (Wildman–Crippen LogP) is 3.90. The summed E-state index contributed by atoms with van der Waals surface area (Å²) in [5, 5.41) is 0. The molecule has 0 aromatic rings. The Bertz CT molecular complexity index is 341. The molecule has 0 N–H and O–H groups in total. The van der Waals surface area contributed by atoms with E-state index in [0.717, 1.165) is 24.4 Å². The minimum atomic E-state index is 0.452. The van der Waals surface area contributed by atoms with Crippen LogP contribution in [-0.4, -0.2) is 12.7 Å². The summed E-state index contributed by atoms with van der Waals surface area (Å²) in [6, 6.07) is 0. The van der Waals surface area contributed by atoms with Gasteiger partial charge >= 0.3 is 0 Å². The lowest BCUT2D eigenvalue weighted by molar-refractivity contribution is -0.0561. The van der Waals surface area contributed by atoms with Gasteiger partial charge in [-0.25, -0.2) is 0 Å². The summed E-state index contributed by atoms with van der Waals surface area (Å²) in [5.41, 5.74) is 2.07. The van der Waals surface area contributed by atoms with Gasteiger partial charge in [0.25, 0.3) is 0 Å².